The second-order valence-corrected chi connectivity index (χ2v) is 4.05. The van der Waals surface area contributed by atoms with Gasteiger partial charge in [-0.2, -0.15) is 0 Å². The number of carboxylic acids is 1. The number of rotatable bonds is 6. The molecule has 1 aromatic carbocycles. The van der Waals surface area contributed by atoms with E-state index in [-0.39, 0.29) is 11.7 Å². The number of hydrogen-bond donors (Lipinski definition) is 2. The topological polar surface area (TPSA) is 58.6 Å². The van der Waals surface area contributed by atoms with Crippen LogP contribution >= 0.6 is 11.6 Å². The number of ether oxygens (including phenoxy) is 1. The van der Waals surface area contributed by atoms with Crippen LogP contribution in [0.3, 0.4) is 0 Å². The molecule has 0 aliphatic heterocycles. The molecule has 0 radical (unpaired) electrons. The smallest absolute Gasteiger partial charge is 0.335 e. The van der Waals surface area contributed by atoms with E-state index in [4.69, 9.17) is 21.4 Å². The van der Waals surface area contributed by atoms with Gasteiger partial charge < -0.3 is 15.2 Å². The fraction of sp³-hybridized carbons (Fsp3) is 0.417. The molecule has 2 N–H and O–H groups in total. The third kappa shape index (κ3) is 4.24. The lowest BCUT2D eigenvalue weighted by molar-refractivity contribution is 0.0696. The van der Waals surface area contributed by atoms with E-state index >= 15 is 0 Å². The normalized spacial score (nSPS) is 12.2. The average Bonchev–Trinajstić information content (AvgIpc) is 2.27. The lowest BCUT2D eigenvalue weighted by Gasteiger charge is -2.14. The maximum atomic E-state index is 10.7. The third-order valence-electron chi connectivity index (χ3n) is 2.25. The van der Waals surface area contributed by atoms with Crippen LogP contribution in [0, 0.1) is 0 Å². The highest BCUT2D eigenvalue weighted by Gasteiger charge is 2.07. The van der Waals surface area contributed by atoms with E-state index in [1.54, 1.807) is 6.07 Å². The maximum absolute atomic E-state index is 10.7. The number of benzene rings is 1. The molecule has 1 atom stereocenters. The number of halogens is 1. The highest BCUT2D eigenvalue weighted by Crippen LogP contribution is 2.23. The monoisotopic (exact) mass is 257 g/mol. The Morgan fingerprint density at radius 3 is 2.82 bits per heavy atom. The Kier molecular flexibility index (Phi) is 5.25. The average molecular weight is 258 g/mol. The summed E-state index contributed by atoms with van der Waals surface area (Å²) in [5.74, 6) is -0.985. The Bertz CT molecular complexity index is 395. The van der Waals surface area contributed by atoms with Crippen LogP contribution in [-0.4, -0.2) is 30.3 Å². The summed E-state index contributed by atoms with van der Waals surface area (Å²) in [6.07, 6.45) is 0.0789. The zero-order valence-corrected chi connectivity index (χ0v) is 10.6. The van der Waals surface area contributed by atoms with Crippen LogP contribution in [0.4, 0.5) is 5.69 Å². The van der Waals surface area contributed by atoms with Crippen LogP contribution in [-0.2, 0) is 4.74 Å². The summed E-state index contributed by atoms with van der Waals surface area (Å²) in [5, 5.41) is 12.3. The Labute approximate surface area is 106 Å². The fourth-order valence-electron chi connectivity index (χ4n) is 1.39. The molecule has 0 fully saturated rings. The molecular formula is C12H16ClNO3. The van der Waals surface area contributed by atoms with Gasteiger partial charge in [0.25, 0.3) is 0 Å². The molecule has 0 amide bonds. The molecule has 0 aromatic heterocycles. The van der Waals surface area contributed by atoms with Crippen molar-refractivity contribution in [2.75, 3.05) is 18.5 Å². The van der Waals surface area contributed by atoms with Gasteiger partial charge in [0.15, 0.2) is 0 Å². The minimum absolute atomic E-state index is 0.0789. The van der Waals surface area contributed by atoms with Gasteiger partial charge in [0.05, 0.1) is 22.4 Å². The molecule has 0 heterocycles. The van der Waals surface area contributed by atoms with Crippen LogP contribution in [0.2, 0.25) is 5.02 Å². The predicted octanol–water partition coefficient (Wildman–Crippen LogP) is 2.88. The highest BCUT2D eigenvalue weighted by atomic mass is 35.5. The first-order valence-corrected chi connectivity index (χ1v) is 5.80. The second-order valence-electron chi connectivity index (χ2n) is 3.65. The minimum atomic E-state index is -0.985. The molecule has 5 heteroatoms. The van der Waals surface area contributed by atoms with E-state index in [0.717, 1.165) is 0 Å². The molecule has 94 valence electrons. The maximum Gasteiger partial charge on any atom is 0.335 e. The Morgan fingerprint density at radius 2 is 2.29 bits per heavy atom. The van der Waals surface area contributed by atoms with E-state index in [1.807, 2.05) is 13.8 Å². The zero-order valence-electron chi connectivity index (χ0n) is 9.87. The summed E-state index contributed by atoms with van der Waals surface area (Å²) in [6, 6.07) is 4.60. The van der Waals surface area contributed by atoms with Gasteiger partial charge in [-0.3, -0.25) is 0 Å². The van der Waals surface area contributed by atoms with Crippen molar-refractivity contribution in [3.05, 3.63) is 28.8 Å². The first-order chi connectivity index (χ1) is 8.04. The number of hydrogen-bond acceptors (Lipinski definition) is 3. The van der Waals surface area contributed by atoms with Crippen molar-refractivity contribution in [3.63, 3.8) is 0 Å². The summed E-state index contributed by atoms with van der Waals surface area (Å²) >= 11 is 5.97. The molecule has 4 nitrogen and oxygen atoms in total. The van der Waals surface area contributed by atoms with E-state index in [0.29, 0.717) is 23.9 Å². The van der Waals surface area contributed by atoms with Crippen LogP contribution in [0.25, 0.3) is 0 Å². The summed E-state index contributed by atoms with van der Waals surface area (Å²) in [6.45, 7) is 5.18. The Morgan fingerprint density at radius 1 is 1.59 bits per heavy atom. The molecular weight excluding hydrogens is 242 g/mol. The van der Waals surface area contributed by atoms with Gasteiger partial charge in [0, 0.05) is 13.2 Å². The van der Waals surface area contributed by atoms with Crippen molar-refractivity contribution in [1.82, 2.24) is 0 Å². The number of aromatic carboxylic acids is 1. The van der Waals surface area contributed by atoms with Crippen molar-refractivity contribution < 1.29 is 14.6 Å². The van der Waals surface area contributed by atoms with Gasteiger partial charge >= 0.3 is 5.97 Å². The molecule has 17 heavy (non-hydrogen) atoms. The molecule has 0 bridgehead atoms. The fourth-order valence-corrected chi connectivity index (χ4v) is 1.64. The summed E-state index contributed by atoms with van der Waals surface area (Å²) < 4.78 is 5.37. The van der Waals surface area contributed by atoms with Gasteiger partial charge in [-0.1, -0.05) is 11.6 Å². The Hall–Kier alpha value is -1.26. The van der Waals surface area contributed by atoms with Gasteiger partial charge in [-0.05, 0) is 32.0 Å². The minimum Gasteiger partial charge on any atom is -0.478 e. The number of anilines is 1. The number of carboxylic acid groups (broad SMARTS) is 1. The van der Waals surface area contributed by atoms with Gasteiger partial charge in [0.2, 0.25) is 0 Å². The van der Waals surface area contributed by atoms with E-state index in [9.17, 15) is 4.79 Å². The summed E-state index contributed by atoms with van der Waals surface area (Å²) in [5.41, 5.74) is 0.890. The van der Waals surface area contributed by atoms with Crippen molar-refractivity contribution in [2.45, 2.75) is 20.0 Å². The van der Waals surface area contributed by atoms with Crippen molar-refractivity contribution in [2.24, 2.45) is 0 Å². The van der Waals surface area contributed by atoms with Crippen LogP contribution in [0.15, 0.2) is 18.2 Å². The largest absolute Gasteiger partial charge is 0.478 e. The van der Waals surface area contributed by atoms with Gasteiger partial charge in [-0.15, -0.1) is 0 Å². The van der Waals surface area contributed by atoms with Crippen molar-refractivity contribution >= 4 is 23.3 Å². The standard InChI is InChI=1S/C12H16ClNO3/c1-3-17-8(2)7-14-11-5-4-9(12(15)16)6-10(11)13/h4-6,8,14H,3,7H2,1-2H3,(H,15,16). The molecule has 0 aliphatic carbocycles. The quantitative estimate of drug-likeness (QED) is 0.823. The van der Waals surface area contributed by atoms with E-state index in [2.05, 4.69) is 5.32 Å². The van der Waals surface area contributed by atoms with Gasteiger partial charge in [0.1, 0.15) is 0 Å². The van der Waals surface area contributed by atoms with Crippen molar-refractivity contribution in [1.29, 1.82) is 0 Å². The van der Waals surface area contributed by atoms with Crippen LogP contribution in [0.1, 0.15) is 24.2 Å². The molecule has 1 aromatic rings. The zero-order chi connectivity index (χ0) is 12.8. The molecule has 0 aliphatic rings. The summed E-state index contributed by atoms with van der Waals surface area (Å²) in [7, 11) is 0. The molecule has 1 unspecified atom stereocenters. The van der Waals surface area contributed by atoms with Crippen LogP contribution in [0.5, 0.6) is 0 Å². The molecule has 0 saturated carbocycles. The first-order valence-electron chi connectivity index (χ1n) is 5.43. The second kappa shape index (κ2) is 6.47. The highest BCUT2D eigenvalue weighted by molar-refractivity contribution is 6.33. The summed E-state index contributed by atoms with van der Waals surface area (Å²) in [4.78, 5) is 10.7. The number of carbonyl (C=O) groups is 1. The van der Waals surface area contributed by atoms with Crippen molar-refractivity contribution in [3.8, 4) is 0 Å². The predicted molar refractivity (Wildman–Crippen MR) is 68.0 cm³/mol. The third-order valence-corrected chi connectivity index (χ3v) is 2.56. The number of nitrogens with one attached hydrogen (secondary N) is 1. The molecule has 0 saturated heterocycles. The SMILES string of the molecule is CCOC(C)CNc1ccc(C(=O)O)cc1Cl. The molecule has 1 rings (SSSR count). The Balaban J connectivity index is 2.63. The lowest BCUT2D eigenvalue weighted by atomic mass is 10.2. The molecule has 0 spiro atoms. The van der Waals surface area contributed by atoms with Crippen LogP contribution < -0.4 is 5.32 Å². The van der Waals surface area contributed by atoms with E-state index in [1.165, 1.54) is 12.1 Å². The van der Waals surface area contributed by atoms with Gasteiger partial charge in [-0.25, -0.2) is 4.79 Å². The van der Waals surface area contributed by atoms with E-state index < -0.39 is 5.97 Å². The first kappa shape index (κ1) is 13.8. The lowest BCUT2D eigenvalue weighted by Crippen LogP contribution is -2.19.